The molecular formula is C13H23NO4. The number of hydrogen-bond donors (Lipinski definition) is 2. The van der Waals surface area contributed by atoms with Gasteiger partial charge in [-0.05, 0) is 47.0 Å². The molecule has 5 heteroatoms. The third-order valence-electron chi connectivity index (χ3n) is 4.00. The summed E-state index contributed by atoms with van der Waals surface area (Å²) < 4.78 is 5.40. The fraction of sp³-hybridized carbons (Fsp3) is 0.846. The number of carbonyl (C=O) groups excluding carboxylic acids is 1. The summed E-state index contributed by atoms with van der Waals surface area (Å²) in [5.74, 6) is -1.15. The van der Waals surface area contributed by atoms with Crippen molar-refractivity contribution in [3.8, 4) is 0 Å². The number of carbonyl (C=O) groups is 2. The molecule has 0 aromatic rings. The van der Waals surface area contributed by atoms with Crippen LogP contribution in [0.5, 0.6) is 0 Å². The van der Waals surface area contributed by atoms with Crippen LogP contribution >= 0.6 is 0 Å². The molecule has 1 atom stereocenters. The van der Waals surface area contributed by atoms with E-state index in [1.54, 1.807) is 27.7 Å². The number of ether oxygens (including phenoxy) is 1. The lowest BCUT2D eigenvalue weighted by Gasteiger charge is -2.39. The number of amides is 1. The van der Waals surface area contributed by atoms with Gasteiger partial charge in [0.15, 0.2) is 0 Å². The summed E-state index contributed by atoms with van der Waals surface area (Å²) in [5.41, 5.74) is -1.88. The Morgan fingerprint density at radius 1 is 1.22 bits per heavy atom. The largest absolute Gasteiger partial charge is 0.481 e. The number of carboxylic acids is 1. The molecule has 2 N–H and O–H groups in total. The SMILES string of the molecule is CC(C)(NC(=O)C1CCCCO1)C(C)(C)C(=O)O. The number of aliphatic carboxylic acids is 1. The molecule has 0 aromatic carbocycles. The highest BCUT2D eigenvalue weighted by molar-refractivity contribution is 5.83. The molecule has 1 unspecified atom stereocenters. The first kappa shape index (κ1) is 15.0. The smallest absolute Gasteiger partial charge is 0.311 e. The molecular weight excluding hydrogens is 234 g/mol. The Balaban J connectivity index is 2.70. The quantitative estimate of drug-likeness (QED) is 0.801. The summed E-state index contributed by atoms with van der Waals surface area (Å²) in [4.78, 5) is 23.3. The standard InChI is InChI=1S/C13H23NO4/c1-12(2,11(16)17)13(3,4)14-10(15)9-7-5-6-8-18-9/h9H,5-8H2,1-4H3,(H,14,15)(H,16,17). The van der Waals surface area contributed by atoms with E-state index in [4.69, 9.17) is 4.74 Å². The lowest BCUT2D eigenvalue weighted by molar-refractivity contribution is -0.153. The van der Waals surface area contributed by atoms with Crippen LogP contribution in [0.15, 0.2) is 0 Å². The first-order chi connectivity index (χ1) is 8.18. The first-order valence-electron chi connectivity index (χ1n) is 6.35. The van der Waals surface area contributed by atoms with E-state index in [9.17, 15) is 14.7 Å². The molecule has 1 aliphatic rings. The summed E-state index contributed by atoms with van der Waals surface area (Å²) >= 11 is 0. The maximum Gasteiger partial charge on any atom is 0.311 e. The van der Waals surface area contributed by atoms with Gasteiger partial charge in [-0.15, -0.1) is 0 Å². The van der Waals surface area contributed by atoms with Crippen LogP contribution in [-0.4, -0.2) is 35.2 Å². The molecule has 18 heavy (non-hydrogen) atoms. The molecule has 1 fully saturated rings. The highest BCUT2D eigenvalue weighted by atomic mass is 16.5. The van der Waals surface area contributed by atoms with Crippen LogP contribution in [-0.2, 0) is 14.3 Å². The topological polar surface area (TPSA) is 75.6 Å². The lowest BCUT2D eigenvalue weighted by Crippen LogP contribution is -2.59. The van der Waals surface area contributed by atoms with Crippen molar-refractivity contribution in [1.82, 2.24) is 5.32 Å². The molecule has 0 spiro atoms. The predicted molar refractivity (Wildman–Crippen MR) is 67.2 cm³/mol. The average molecular weight is 257 g/mol. The van der Waals surface area contributed by atoms with Gasteiger partial charge in [-0.2, -0.15) is 0 Å². The van der Waals surface area contributed by atoms with E-state index in [2.05, 4.69) is 5.32 Å². The monoisotopic (exact) mass is 257 g/mol. The zero-order valence-electron chi connectivity index (χ0n) is 11.6. The molecule has 1 rings (SSSR count). The van der Waals surface area contributed by atoms with Crippen LogP contribution < -0.4 is 5.32 Å². The Labute approximate surface area is 108 Å². The summed E-state index contributed by atoms with van der Waals surface area (Å²) in [6.07, 6.45) is 2.21. The van der Waals surface area contributed by atoms with Crippen molar-refractivity contribution >= 4 is 11.9 Å². The van der Waals surface area contributed by atoms with E-state index in [0.717, 1.165) is 12.8 Å². The molecule has 5 nitrogen and oxygen atoms in total. The van der Waals surface area contributed by atoms with Gasteiger partial charge in [-0.3, -0.25) is 9.59 Å². The van der Waals surface area contributed by atoms with Crippen molar-refractivity contribution in [3.05, 3.63) is 0 Å². The van der Waals surface area contributed by atoms with Crippen LogP contribution in [0.25, 0.3) is 0 Å². The molecule has 0 aromatic heterocycles. The van der Waals surface area contributed by atoms with E-state index >= 15 is 0 Å². The van der Waals surface area contributed by atoms with Gasteiger partial charge in [0, 0.05) is 6.61 Å². The van der Waals surface area contributed by atoms with Crippen LogP contribution in [0.4, 0.5) is 0 Å². The Morgan fingerprint density at radius 2 is 1.83 bits per heavy atom. The van der Waals surface area contributed by atoms with Gasteiger partial charge in [0.05, 0.1) is 11.0 Å². The highest BCUT2D eigenvalue weighted by Gasteiger charge is 2.45. The molecule has 0 saturated carbocycles. The van der Waals surface area contributed by atoms with Gasteiger partial charge in [0.2, 0.25) is 5.91 Å². The van der Waals surface area contributed by atoms with Crippen molar-refractivity contribution in [2.75, 3.05) is 6.61 Å². The second-order valence-electron chi connectivity index (χ2n) is 5.90. The molecule has 0 radical (unpaired) electrons. The second-order valence-corrected chi connectivity index (χ2v) is 5.90. The van der Waals surface area contributed by atoms with Gasteiger partial charge in [0.1, 0.15) is 6.10 Å². The van der Waals surface area contributed by atoms with Gasteiger partial charge >= 0.3 is 5.97 Å². The molecule has 1 heterocycles. The average Bonchev–Trinajstić information content (AvgIpc) is 2.29. The Kier molecular flexibility index (Phi) is 4.37. The van der Waals surface area contributed by atoms with Crippen molar-refractivity contribution < 1.29 is 19.4 Å². The van der Waals surface area contributed by atoms with E-state index in [1.807, 2.05) is 0 Å². The van der Waals surface area contributed by atoms with Crippen LogP contribution in [0.1, 0.15) is 47.0 Å². The number of hydrogen-bond acceptors (Lipinski definition) is 3. The third kappa shape index (κ3) is 3.02. The van der Waals surface area contributed by atoms with E-state index < -0.39 is 23.0 Å². The van der Waals surface area contributed by atoms with Crippen LogP contribution in [0.2, 0.25) is 0 Å². The van der Waals surface area contributed by atoms with E-state index in [1.165, 1.54) is 0 Å². The number of carboxylic acid groups (broad SMARTS) is 1. The van der Waals surface area contributed by atoms with Gasteiger partial charge in [-0.25, -0.2) is 0 Å². The fourth-order valence-corrected chi connectivity index (χ4v) is 1.76. The third-order valence-corrected chi connectivity index (χ3v) is 4.00. The molecule has 0 aliphatic carbocycles. The number of nitrogens with one attached hydrogen (secondary N) is 1. The lowest BCUT2D eigenvalue weighted by atomic mass is 9.74. The summed E-state index contributed by atoms with van der Waals surface area (Å²) in [6.45, 7) is 7.26. The van der Waals surface area contributed by atoms with E-state index in [0.29, 0.717) is 13.0 Å². The van der Waals surface area contributed by atoms with Crippen LogP contribution in [0, 0.1) is 5.41 Å². The number of rotatable bonds is 4. The maximum atomic E-state index is 12.1. The second kappa shape index (κ2) is 5.26. The fourth-order valence-electron chi connectivity index (χ4n) is 1.76. The molecule has 0 bridgehead atoms. The molecule has 1 aliphatic heterocycles. The zero-order valence-corrected chi connectivity index (χ0v) is 11.6. The minimum Gasteiger partial charge on any atom is -0.481 e. The molecule has 1 amide bonds. The molecule has 104 valence electrons. The van der Waals surface area contributed by atoms with Crippen LogP contribution in [0.3, 0.4) is 0 Å². The minimum absolute atomic E-state index is 0.214. The Morgan fingerprint density at radius 3 is 2.28 bits per heavy atom. The summed E-state index contributed by atoms with van der Waals surface area (Å²) in [6, 6.07) is 0. The van der Waals surface area contributed by atoms with Crippen molar-refractivity contribution in [1.29, 1.82) is 0 Å². The molecule has 1 saturated heterocycles. The van der Waals surface area contributed by atoms with Gasteiger partial charge in [0.25, 0.3) is 0 Å². The van der Waals surface area contributed by atoms with Crippen molar-refractivity contribution in [2.45, 2.75) is 58.6 Å². The van der Waals surface area contributed by atoms with Crippen molar-refractivity contribution in [2.24, 2.45) is 5.41 Å². The van der Waals surface area contributed by atoms with Gasteiger partial charge < -0.3 is 15.2 Å². The van der Waals surface area contributed by atoms with Crippen molar-refractivity contribution in [3.63, 3.8) is 0 Å². The first-order valence-corrected chi connectivity index (χ1v) is 6.35. The van der Waals surface area contributed by atoms with Gasteiger partial charge in [-0.1, -0.05) is 0 Å². The minimum atomic E-state index is -1.04. The Bertz CT molecular complexity index is 330. The Hall–Kier alpha value is -1.10. The summed E-state index contributed by atoms with van der Waals surface area (Å²) in [5, 5.41) is 12.0. The predicted octanol–water partition coefficient (Wildman–Crippen LogP) is 1.56. The normalized spacial score (nSPS) is 21.4. The zero-order chi connectivity index (χ0) is 14.0. The summed E-state index contributed by atoms with van der Waals surface area (Å²) in [7, 11) is 0. The maximum absolute atomic E-state index is 12.1. The highest BCUT2D eigenvalue weighted by Crippen LogP contribution is 2.31. The van der Waals surface area contributed by atoms with E-state index in [-0.39, 0.29) is 5.91 Å².